The number of pyridine rings is 1. The van der Waals surface area contributed by atoms with Gasteiger partial charge in [-0.05, 0) is 42.0 Å². The van der Waals surface area contributed by atoms with Crippen molar-refractivity contribution in [1.82, 2.24) is 15.2 Å². The van der Waals surface area contributed by atoms with Crippen LogP contribution >= 0.6 is 0 Å². The normalized spacial score (nSPS) is 10.7. The lowest BCUT2D eigenvalue weighted by Crippen LogP contribution is -1.95. The predicted molar refractivity (Wildman–Crippen MR) is 92.8 cm³/mol. The number of benzene rings is 2. The second-order valence-corrected chi connectivity index (χ2v) is 5.55. The van der Waals surface area contributed by atoms with Crippen LogP contribution in [0.3, 0.4) is 0 Å². The van der Waals surface area contributed by atoms with Gasteiger partial charge >= 0.3 is 0 Å². The third kappa shape index (κ3) is 2.44. The number of phenolic OH excluding ortho intramolecular Hbond substituents is 2. The molecule has 0 aliphatic heterocycles. The fourth-order valence-corrected chi connectivity index (χ4v) is 2.83. The Balaban J connectivity index is 2.07. The van der Waals surface area contributed by atoms with Crippen molar-refractivity contribution < 1.29 is 10.2 Å². The fraction of sp³-hybridized carbons (Fsp3) is 0. The molecule has 2 aromatic carbocycles. The first-order valence-corrected chi connectivity index (χ1v) is 7.53. The third-order valence-electron chi connectivity index (χ3n) is 4.01. The maximum atomic E-state index is 9.81. The van der Waals surface area contributed by atoms with Crippen LogP contribution in [0.2, 0.25) is 0 Å². The Hall–Kier alpha value is -3.85. The van der Waals surface area contributed by atoms with Gasteiger partial charge in [-0.25, -0.2) is 4.98 Å². The van der Waals surface area contributed by atoms with Crippen LogP contribution in [-0.2, 0) is 0 Å². The first-order chi connectivity index (χ1) is 12.2. The third-order valence-corrected chi connectivity index (χ3v) is 4.01. The summed E-state index contributed by atoms with van der Waals surface area (Å²) in [5.41, 5.74) is 3.66. The average Bonchev–Trinajstić information content (AvgIpc) is 3.10. The number of aromatic amines is 1. The van der Waals surface area contributed by atoms with E-state index in [2.05, 4.69) is 21.3 Å². The molecule has 4 rings (SSSR count). The lowest BCUT2D eigenvalue weighted by Gasteiger charge is -2.11. The van der Waals surface area contributed by atoms with Gasteiger partial charge in [0.25, 0.3) is 0 Å². The Morgan fingerprint density at radius 3 is 2.08 bits per heavy atom. The van der Waals surface area contributed by atoms with Crippen LogP contribution in [0.5, 0.6) is 11.5 Å². The lowest BCUT2D eigenvalue weighted by atomic mass is 9.94. The van der Waals surface area contributed by atoms with Crippen molar-refractivity contribution in [2.75, 3.05) is 0 Å². The topological polar surface area (TPSA) is 106 Å². The molecule has 0 unspecified atom stereocenters. The highest BCUT2D eigenvalue weighted by molar-refractivity contribution is 5.99. The Morgan fingerprint density at radius 2 is 1.48 bits per heavy atom. The van der Waals surface area contributed by atoms with E-state index in [0.29, 0.717) is 28.0 Å². The van der Waals surface area contributed by atoms with E-state index in [9.17, 15) is 15.5 Å². The molecule has 0 spiro atoms. The van der Waals surface area contributed by atoms with E-state index in [1.165, 1.54) is 0 Å². The number of hydrogen-bond donors (Lipinski definition) is 3. The van der Waals surface area contributed by atoms with Crippen molar-refractivity contribution in [3.05, 3.63) is 60.3 Å². The molecule has 3 N–H and O–H groups in total. The summed E-state index contributed by atoms with van der Waals surface area (Å²) in [5, 5.41) is 36.5. The number of aromatic hydroxyl groups is 2. The predicted octanol–water partition coefficient (Wildman–Crippen LogP) is 3.57. The minimum absolute atomic E-state index is 0.142. The Kier molecular flexibility index (Phi) is 3.33. The summed E-state index contributed by atoms with van der Waals surface area (Å²) in [7, 11) is 0. The largest absolute Gasteiger partial charge is 0.508 e. The minimum atomic E-state index is 0.142. The van der Waals surface area contributed by atoms with Gasteiger partial charge in [0.15, 0.2) is 5.65 Å². The van der Waals surface area contributed by atoms with E-state index >= 15 is 0 Å². The molecule has 0 atom stereocenters. The molecule has 0 fully saturated rings. The van der Waals surface area contributed by atoms with Gasteiger partial charge in [0.05, 0.1) is 17.5 Å². The summed E-state index contributed by atoms with van der Waals surface area (Å²) >= 11 is 0. The number of aromatic nitrogens is 3. The molecule has 0 saturated carbocycles. The van der Waals surface area contributed by atoms with E-state index in [4.69, 9.17) is 0 Å². The van der Waals surface area contributed by atoms with Crippen LogP contribution in [-0.4, -0.2) is 25.4 Å². The maximum Gasteiger partial charge on any atom is 0.156 e. The first-order valence-electron chi connectivity index (χ1n) is 7.53. The van der Waals surface area contributed by atoms with E-state index in [0.717, 1.165) is 10.9 Å². The second-order valence-electron chi connectivity index (χ2n) is 5.55. The number of rotatable bonds is 2. The van der Waals surface area contributed by atoms with Crippen LogP contribution in [0.15, 0.2) is 54.7 Å². The number of phenols is 2. The van der Waals surface area contributed by atoms with E-state index < -0.39 is 0 Å². The number of nitrogens with zero attached hydrogens (tertiary/aromatic N) is 3. The summed E-state index contributed by atoms with van der Waals surface area (Å²) in [6.07, 6.45) is 1.63. The van der Waals surface area contributed by atoms with E-state index in [1.807, 2.05) is 0 Å². The number of fused-ring (bicyclic) bond motifs is 1. The van der Waals surface area contributed by atoms with Crippen molar-refractivity contribution in [2.45, 2.75) is 0 Å². The molecule has 2 heterocycles. The molecule has 2 aromatic heterocycles. The highest BCUT2D eigenvalue weighted by Gasteiger charge is 2.19. The highest BCUT2D eigenvalue weighted by atomic mass is 16.3. The number of hydrogen-bond acceptors (Lipinski definition) is 5. The van der Waals surface area contributed by atoms with E-state index in [1.54, 1.807) is 54.7 Å². The van der Waals surface area contributed by atoms with Crippen molar-refractivity contribution in [3.63, 3.8) is 0 Å². The molecule has 0 bridgehead atoms. The van der Waals surface area contributed by atoms with Gasteiger partial charge in [0.2, 0.25) is 0 Å². The minimum Gasteiger partial charge on any atom is -0.508 e. The van der Waals surface area contributed by atoms with Gasteiger partial charge in [-0.15, -0.1) is 0 Å². The smallest absolute Gasteiger partial charge is 0.156 e. The number of nitriles is 1. The van der Waals surface area contributed by atoms with Crippen LogP contribution in [0.4, 0.5) is 0 Å². The Bertz CT molecular complexity index is 1110. The molecule has 0 saturated heterocycles. The summed E-state index contributed by atoms with van der Waals surface area (Å²) in [4.78, 5) is 4.54. The fourth-order valence-electron chi connectivity index (χ4n) is 2.83. The summed E-state index contributed by atoms with van der Waals surface area (Å²) in [6.45, 7) is 0. The standard InChI is InChI=1S/C19H12N4O2/c20-9-15-17(11-1-5-13(24)6-2-11)16-10-21-23-19(16)22-18(15)12-3-7-14(25)8-4-12/h1-8,10,24-25H,(H,21,22,23). The van der Waals surface area contributed by atoms with Crippen molar-refractivity contribution in [1.29, 1.82) is 5.26 Å². The van der Waals surface area contributed by atoms with Crippen molar-refractivity contribution in [2.24, 2.45) is 0 Å². The SMILES string of the molecule is N#Cc1c(-c2ccc(O)cc2)nc2[nH]ncc2c1-c1ccc(O)cc1. The molecule has 0 radical (unpaired) electrons. The Morgan fingerprint density at radius 1 is 0.880 bits per heavy atom. The molecule has 25 heavy (non-hydrogen) atoms. The Labute approximate surface area is 142 Å². The molecule has 0 amide bonds. The maximum absolute atomic E-state index is 9.81. The highest BCUT2D eigenvalue weighted by Crippen LogP contribution is 2.36. The number of H-pyrrole nitrogens is 1. The molecule has 0 aliphatic rings. The van der Waals surface area contributed by atoms with Crippen LogP contribution < -0.4 is 0 Å². The van der Waals surface area contributed by atoms with Gasteiger partial charge in [-0.3, -0.25) is 5.10 Å². The van der Waals surface area contributed by atoms with Crippen LogP contribution in [0.25, 0.3) is 33.4 Å². The summed E-state index contributed by atoms with van der Waals surface area (Å²) in [5.74, 6) is 0.294. The molecular formula is C19H12N4O2. The van der Waals surface area contributed by atoms with Gasteiger partial charge < -0.3 is 10.2 Å². The lowest BCUT2D eigenvalue weighted by molar-refractivity contribution is 0.475. The second kappa shape index (κ2) is 5.65. The van der Waals surface area contributed by atoms with Gasteiger partial charge in [0.1, 0.15) is 17.6 Å². The molecule has 6 nitrogen and oxygen atoms in total. The molecule has 6 heteroatoms. The van der Waals surface area contributed by atoms with Gasteiger partial charge in [0, 0.05) is 16.5 Å². The molecule has 4 aromatic rings. The zero-order valence-corrected chi connectivity index (χ0v) is 12.9. The summed E-state index contributed by atoms with van der Waals surface area (Å²) < 4.78 is 0. The summed E-state index contributed by atoms with van der Waals surface area (Å²) in [6, 6.07) is 15.4. The molecule has 120 valence electrons. The van der Waals surface area contributed by atoms with Crippen molar-refractivity contribution >= 4 is 11.0 Å². The average molecular weight is 328 g/mol. The molecule has 0 aliphatic carbocycles. The first kappa shape index (κ1) is 14.7. The number of nitrogens with one attached hydrogen (secondary N) is 1. The van der Waals surface area contributed by atoms with Crippen molar-refractivity contribution in [3.8, 4) is 40.0 Å². The van der Waals surface area contributed by atoms with Gasteiger partial charge in [-0.2, -0.15) is 10.4 Å². The quantitative estimate of drug-likeness (QED) is 0.521. The van der Waals surface area contributed by atoms with E-state index in [-0.39, 0.29) is 11.5 Å². The zero-order chi connectivity index (χ0) is 17.4. The van der Waals surface area contributed by atoms with Crippen LogP contribution in [0, 0.1) is 11.3 Å². The van der Waals surface area contributed by atoms with Crippen LogP contribution in [0.1, 0.15) is 5.56 Å². The monoisotopic (exact) mass is 328 g/mol. The molecular weight excluding hydrogens is 316 g/mol. The zero-order valence-electron chi connectivity index (χ0n) is 12.9. The van der Waals surface area contributed by atoms with Gasteiger partial charge in [-0.1, -0.05) is 12.1 Å².